The molecule has 3 atom stereocenters. The lowest BCUT2D eigenvalue weighted by Crippen LogP contribution is -2.34. The van der Waals surface area contributed by atoms with Crippen LogP contribution < -0.4 is 0 Å². The summed E-state index contributed by atoms with van der Waals surface area (Å²) in [5.41, 5.74) is 3.56. The maximum absolute atomic E-state index is 10.3. The lowest BCUT2D eigenvalue weighted by atomic mass is 9.78. The van der Waals surface area contributed by atoms with Crippen molar-refractivity contribution in [3.05, 3.63) is 17.0 Å². The van der Waals surface area contributed by atoms with Crippen LogP contribution in [0.2, 0.25) is 0 Å². The van der Waals surface area contributed by atoms with Gasteiger partial charge in [-0.25, -0.2) is 0 Å². The van der Waals surface area contributed by atoms with Crippen LogP contribution in [0.4, 0.5) is 0 Å². The first-order valence-electron chi connectivity index (χ1n) is 7.12. The van der Waals surface area contributed by atoms with Gasteiger partial charge in [0.25, 0.3) is 0 Å². The minimum Gasteiger partial charge on any atom is -0.391 e. The normalized spacial score (nSPS) is 28.9. The Morgan fingerprint density at radius 3 is 2.39 bits per heavy atom. The molecule has 0 aromatic carbocycles. The Morgan fingerprint density at radius 1 is 1.22 bits per heavy atom. The van der Waals surface area contributed by atoms with Gasteiger partial charge >= 0.3 is 0 Å². The Bertz CT molecular complexity index is 422. The molecule has 3 heteroatoms. The van der Waals surface area contributed by atoms with E-state index in [2.05, 4.69) is 37.5 Å². The molecule has 1 saturated carbocycles. The van der Waals surface area contributed by atoms with Crippen molar-refractivity contribution in [2.75, 3.05) is 0 Å². The van der Waals surface area contributed by atoms with E-state index in [4.69, 9.17) is 0 Å². The van der Waals surface area contributed by atoms with Crippen molar-refractivity contribution < 1.29 is 5.11 Å². The molecule has 3 unspecified atom stereocenters. The van der Waals surface area contributed by atoms with E-state index in [1.54, 1.807) is 0 Å². The highest BCUT2D eigenvalue weighted by Crippen LogP contribution is 2.37. The third-order valence-corrected chi connectivity index (χ3v) is 4.77. The highest BCUT2D eigenvalue weighted by Gasteiger charge is 2.33. The molecule has 1 aromatic rings. The predicted octanol–water partition coefficient (Wildman–Crippen LogP) is 3.17. The summed E-state index contributed by atoms with van der Waals surface area (Å²) in [6.07, 6.45) is 2.87. The Hall–Kier alpha value is -0.830. The fourth-order valence-electron chi connectivity index (χ4n) is 3.10. The number of aliphatic hydroxyl groups is 1. The van der Waals surface area contributed by atoms with E-state index in [-0.39, 0.29) is 12.1 Å². The molecule has 0 saturated heterocycles. The Balaban J connectivity index is 2.27. The van der Waals surface area contributed by atoms with Crippen LogP contribution in [0.3, 0.4) is 0 Å². The number of hydrogen-bond donors (Lipinski definition) is 1. The fourth-order valence-corrected chi connectivity index (χ4v) is 3.10. The molecule has 0 aliphatic heterocycles. The summed E-state index contributed by atoms with van der Waals surface area (Å²) < 4.78 is 2.07. The largest absolute Gasteiger partial charge is 0.391 e. The molecule has 1 N–H and O–H groups in total. The van der Waals surface area contributed by atoms with Gasteiger partial charge in [0.2, 0.25) is 0 Å². The van der Waals surface area contributed by atoms with E-state index in [1.807, 2.05) is 6.92 Å². The monoisotopic (exact) mass is 250 g/mol. The van der Waals surface area contributed by atoms with E-state index in [0.29, 0.717) is 11.8 Å². The maximum atomic E-state index is 10.3. The van der Waals surface area contributed by atoms with E-state index < -0.39 is 0 Å². The number of rotatable bonds is 2. The van der Waals surface area contributed by atoms with Gasteiger partial charge in [-0.2, -0.15) is 5.10 Å². The van der Waals surface area contributed by atoms with Crippen LogP contribution in [0.5, 0.6) is 0 Å². The van der Waals surface area contributed by atoms with Gasteiger partial charge in [0.15, 0.2) is 0 Å². The predicted molar refractivity (Wildman–Crippen MR) is 73.7 cm³/mol. The van der Waals surface area contributed by atoms with Crippen molar-refractivity contribution in [3.63, 3.8) is 0 Å². The first kappa shape index (κ1) is 13.6. The molecule has 2 rings (SSSR count). The molecule has 18 heavy (non-hydrogen) atoms. The Kier molecular flexibility index (Phi) is 3.81. The van der Waals surface area contributed by atoms with Gasteiger partial charge in [-0.3, -0.25) is 4.68 Å². The third-order valence-electron chi connectivity index (χ3n) is 4.77. The van der Waals surface area contributed by atoms with Gasteiger partial charge in [-0.05, 0) is 57.4 Å². The van der Waals surface area contributed by atoms with Crippen molar-refractivity contribution in [2.45, 2.75) is 66.0 Å². The molecule has 0 bridgehead atoms. The fraction of sp³-hybridized carbons (Fsp3) is 0.800. The van der Waals surface area contributed by atoms with Crippen LogP contribution in [0.15, 0.2) is 0 Å². The summed E-state index contributed by atoms with van der Waals surface area (Å²) in [4.78, 5) is 0. The lowest BCUT2D eigenvalue weighted by molar-refractivity contribution is 0.0372. The first-order chi connectivity index (χ1) is 8.41. The summed E-state index contributed by atoms with van der Waals surface area (Å²) in [5, 5.41) is 14.9. The molecule has 1 aromatic heterocycles. The van der Waals surface area contributed by atoms with E-state index in [9.17, 15) is 5.11 Å². The second kappa shape index (κ2) is 5.04. The quantitative estimate of drug-likeness (QED) is 0.875. The SMILES string of the molecule is Cc1nn(C2CC(C(C)C)CCC2O)c(C)c1C. The molecule has 1 aliphatic carbocycles. The average molecular weight is 250 g/mol. The van der Waals surface area contributed by atoms with Crippen molar-refractivity contribution in [2.24, 2.45) is 11.8 Å². The molecular formula is C15H26N2O. The smallest absolute Gasteiger partial charge is 0.0784 e. The van der Waals surface area contributed by atoms with Gasteiger partial charge in [-0.15, -0.1) is 0 Å². The summed E-state index contributed by atoms with van der Waals surface area (Å²) >= 11 is 0. The minimum absolute atomic E-state index is 0.165. The van der Waals surface area contributed by atoms with Crippen LogP contribution in [-0.4, -0.2) is 21.0 Å². The summed E-state index contributed by atoms with van der Waals surface area (Å²) in [7, 11) is 0. The van der Waals surface area contributed by atoms with Gasteiger partial charge in [0.05, 0.1) is 17.8 Å². The van der Waals surface area contributed by atoms with Crippen molar-refractivity contribution in [3.8, 4) is 0 Å². The molecule has 102 valence electrons. The van der Waals surface area contributed by atoms with E-state index in [1.165, 1.54) is 11.3 Å². The lowest BCUT2D eigenvalue weighted by Gasteiger charge is -2.36. The standard InChI is InChI=1S/C15H26N2O/c1-9(2)13-6-7-15(18)14(8-13)17-12(5)10(3)11(4)16-17/h9,13-15,18H,6-8H2,1-5H3. The topological polar surface area (TPSA) is 38.0 Å². The highest BCUT2D eigenvalue weighted by atomic mass is 16.3. The Labute approximate surface area is 110 Å². The Morgan fingerprint density at radius 2 is 1.89 bits per heavy atom. The average Bonchev–Trinajstić information content (AvgIpc) is 2.57. The number of aliphatic hydroxyl groups excluding tert-OH is 1. The third kappa shape index (κ3) is 2.33. The number of aryl methyl sites for hydroxylation is 1. The minimum atomic E-state index is -0.239. The maximum Gasteiger partial charge on any atom is 0.0784 e. The summed E-state index contributed by atoms with van der Waals surface area (Å²) in [6.45, 7) is 10.8. The molecule has 1 fully saturated rings. The van der Waals surface area contributed by atoms with Crippen molar-refractivity contribution in [1.29, 1.82) is 0 Å². The van der Waals surface area contributed by atoms with Crippen LogP contribution in [0, 0.1) is 32.6 Å². The highest BCUT2D eigenvalue weighted by molar-refractivity contribution is 5.23. The van der Waals surface area contributed by atoms with Gasteiger partial charge < -0.3 is 5.11 Å². The zero-order chi connectivity index (χ0) is 13.4. The molecule has 0 amide bonds. The van der Waals surface area contributed by atoms with Gasteiger partial charge in [0.1, 0.15) is 0 Å². The van der Waals surface area contributed by atoms with Crippen LogP contribution in [0.25, 0.3) is 0 Å². The van der Waals surface area contributed by atoms with E-state index >= 15 is 0 Å². The van der Waals surface area contributed by atoms with Crippen molar-refractivity contribution in [1.82, 2.24) is 9.78 Å². The second-order valence-corrected chi connectivity index (χ2v) is 6.19. The van der Waals surface area contributed by atoms with E-state index in [0.717, 1.165) is 25.0 Å². The number of aromatic nitrogens is 2. The summed E-state index contributed by atoms with van der Waals surface area (Å²) in [6, 6.07) is 0.165. The molecular weight excluding hydrogens is 224 g/mol. The molecule has 1 aliphatic rings. The van der Waals surface area contributed by atoms with Gasteiger partial charge in [-0.1, -0.05) is 13.8 Å². The molecule has 0 spiro atoms. The van der Waals surface area contributed by atoms with Crippen molar-refractivity contribution >= 4 is 0 Å². The molecule has 1 heterocycles. The van der Waals surface area contributed by atoms with Crippen LogP contribution >= 0.6 is 0 Å². The van der Waals surface area contributed by atoms with Gasteiger partial charge in [0, 0.05) is 5.69 Å². The van der Waals surface area contributed by atoms with Crippen LogP contribution in [0.1, 0.15) is 56.1 Å². The molecule has 0 radical (unpaired) electrons. The number of nitrogens with zero attached hydrogens (tertiary/aromatic N) is 2. The zero-order valence-electron chi connectivity index (χ0n) is 12.3. The molecule has 3 nitrogen and oxygen atoms in total. The van der Waals surface area contributed by atoms with Crippen LogP contribution in [-0.2, 0) is 0 Å². The zero-order valence-corrected chi connectivity index (χ0v) is 12.3. The number of hydrogen-bond acceptors (Lipinski definition) is 2. The summed E-state index contributed by atoms with van der Waals surface area (Å²) in [5.74, 6) is 1.40. The first-order valence-corrected chi connectivity index (χ1v) is 7.12. The second-order valence-electron chi connectivity index (χ2n) is 6.19.